The molecule has 0 unspecified atom stereocenters. The highest BCUT2D eigenvalue weighted by Gasteiger charge is 2.14. The van der Waals surface area contributed by atoms with Gasteiger partial charge < -0.3 is 19.5 Å². The fraction of sp³-hybridized carbons (Fsp3) is 0.176. The Kier molecular flexibility index (Phi) is 4.42. The highest BCUT2D eigenvalue weighted by atomic mass is 16.7. The lowest BCUT2D eigenvalue weighted by Gasteiger charge is -2.07. The van der Waals surface area contributed by atoms with Crippen LogP contribution in [0.3, 0.4) is 0 Å². The summed E-state index contributed by atoms with van der Waals surface area (Å²) in [6.45, 7) is 0.124. The van der Waals surface area contributed by atoms with E-state index in [1.807, 2.05) is 6.07 Å². The molecule has 0 aliphatic carbocycles. The zero-order valence-corrected chi connectivity index (χ0v) is 12.3. The van der Waals surface area contributed by atoms with Gasteiger partial charge in [0.15, 0.2) is 11.5 Å². The Morgan fingerprint density at radius 1 is 1.04 bits per heavy atom. The van der Waals surface area contributed by atoms with Crippen LogP contribution in [0.4, 0.5) is 0 Å². The van der Waals surface area contributed by atoms with Crippen molar-refractivity contribution in [2.24, 2.45) is 0 Å². The van der Waals surface area contributed by atoms with Crippen molar-refractivity contribution in [2.45, 2.75) is 6.61 Å². The summed E-state index contributed by atoms with van der Waals surface area (Å²) >= 11 is 0. The standard InChI is InChI=1S/C17H15NO5/c19-16(9-18-17(20)13-4-2-1-3-5-13)21-10-12-6-7-14-15(8-12)23-11-22-14/h1-8H,9-11H2,(H,18,20). The van der Waals surface area contributed by atoms with Crippen LogP contribution in [-0.4, -0.2) is 25.2 Å². The minimum Gasteiger partial charge on any atom is -0.460 e. The van der Waals surface area contributed by atoms with Gasteiger partial charge in [-0.25, -0.2) is 0 Å². The molecule has 6 heteroatoms. The van der Waals surface area contributed by atoms with E-state index in [9.17, 15) is 9.59 Å². The molecule has 1 amide bonds. The maximum Gasteiger partial charge on any atom is 0.325 e. The zero-order chi connectivity index (χ0) is 16.1. The summed E-state index contributed by atoms with van der Waals surface area (Å²) in [4.78, 5) is 23.5. The lowest BCUT2D eigenvalue weighted by atomic mass is 10.2. The second-order valence-electron chi connectivity index (χ2n) is 4.90. The molecule has 0 radical (unpaired) electrons. The number of esters is 1. The van der Waals surface area contributed by atoms with Gasteiger partial charge in [0, 0.05) is 5.56 Å². The number of ether oxygens (including phenoxy) is 3. The predicted octanol–water partition coefficient (Wildman–Crippen LogP) is 1.89. The molecule has 2 aromatic rings. The van der Waals surface area contributed by atoms with Crippen molar-refractivity contribution < 1.29 is 23.8 Å². The number of benzene rings is 2. The van der Waals surface area contributed by atoms with E-state index >= 15 is 0 Å². The van der Waals surface area contributed by atoms with Gasteiger partial charge in [0.1, 0.15) is 13.2 Å². The monoisotopic (exact) mass is 313 g/mol. The Morgan fingerprint density at radius 2 is 1.83 bits per heavy atom. The average Bonchev–Trinajstić information content (AvgIpc) is 3.06. The molecule has 23 heavy (non-hydrogen) atoms. The molecule has 0 aromatic heterocycles. The zero-order valence-electron chi connectivity index (χ0n) is 12.3. The topological polar surface area (TPSA) is 73.9 Å². The van der Waals surface area contributed by atoms with Gasteiger partial charge in [-0.05, 0) is 29.8 Å². The van der Waals surface area contributed by atoms with Crippen molar-refractivity contribution in [2.75, 3.05) is 13.3 Å². The van der Waals surface area contributed by atoms with E-state index in [4.69, 9.17) is 14.2 Å². The number of carbonyl (C=O) groups is 2. The number of hydrogen-bond donors (Lipinski definition) is 1. The Hall–Kier alpha value is -3.02. The highest BCUT2D eigenvalue weighted by molar-refractivity contribution is 5.95. The second kappa shape index (κ2) is 6.83. The van der Waals surface area contributed by atoms with Crippen molar-refractivity contribution in [1.82, 2.24) is 5.32 Å². The molecule has 6 nitrogen and oxygen atoms in total. The van der Waals surface area contributed by atoms with Crippen LogP contribution in [0.1, 0.15) is 15.9 Å². The first-order chi connectivity index (χ1) is 11.2. The number of fused-ring (bicyclic) bond motifs is 1. The van der Waals surface area contributed by atoms with Gasteiger partial charge >= 0.3 is 5.97 Å². The summed E-state index contributed by atoms with van der Waals surface area (Å²) < 4.78 is 15.6. The van der Waals surface area contributed by atoms with Gasteiger partial charge in [-0.2, -0.15) is 0 Å². The van der Waals surface area contributed by atoms with Gasteiger partial charge in [0.05, 0.1) is 0 Å². The maximum absolute atomic E-state index is 11.8. The largest absolute Gasteiger partial charge is 0.460 e. The minimum absolute atomic E-state index is 0.108. The van der Waals surface area contributed by atoms with Gasteiger partial charge in [0.2, 0.25) is 6.79 Å². The van der Waals surface area contributed by atoms with Crippen LogP contribution in [0.15, 0.2) is 48.5 Å². The molecule has 0 saturated heterocycles. The van der Waals surface area contributed by atoms with E-state index in [0.717, 1.165) is 5.56 Å². The minimum atomic E-state index is -0.507. The van der Waals surface area contributed by atoms with Gasteiger partial charge in [-0.15, -0.1) is 0 Å². The fourth-order valence-electron chi connectivity index (χ4n) is 2.09. The molecule has 0 bridgehead atoms. The second-order valence-corrected chi connectivity index (χ2v) is 4.90. The molecule has 118 valence electrons. The highest BCUT2D eigenvalue weighted by Crippen LogP contribution is 2.32. The molecule has 1 N–H and O–H groups in total. The van der Waals surface area contributed by atoms with Gasteiger partial charge in [-0.3, -0.25) is 9.59 Å². The van der Waals surface area contributed by atoms with Gasteiger partial charge in [-0.1, -0.05) is 24.3 Å². The van der Waals surface area contributed by atoms with Crippen molar-refractivity contribution in [3.8, 4) is 11.5 Å². The van der Waals surface area contributed by atoms with Crippen LogP contribution < -0.4 is 14.8 Å². The lowest BCUT2D eigenvalue weighted by molar-refractivity contribution is -0.143. The van der Waals surface area contributed by atoms with Crippen molar-refractivity contribution >= 4 is 11.9 Å². The van der Waals surface area contributed by atoms with Crippen molar-refractivity contribution in [1.29, 1.82) is 0 Å². The molecule has 0 fully saturated rings. The molecule has 0 saturated carbocycles. The summed E-state index contributed by atoms with van der Waals surface area (Å²) in [5.41, 5.74) is 1.29. The number of rotatable bonds is 5. The van der Waals surface area contributed by atoms with E-state index < -0.39 is 5.97 Å². The maximum atomic E-state index is 11.8. The SMILES string of the molecule is O=C(CNC(=O)c1ccccc1)OCc1ccc2c(c1)OCO2. The van der Waals surface area contributed by atoms with Crippen LogP contribution in [0.2, 0.25) is 0 Å². The quantitative estimate of drug-likeness (QED) is 0.853. The summed E-state index contributed by atoms with van der Waals surface area (Å²) in [6.07, 6.45) is 0. The van der Waals surface area contributed by atoms with Crippen LogP contribution in [-0.2, 0) is 16.1 Å². The van der Waals surface area contributed by atoms with Crippen LogP contribution in [0, 0.1) is 0 Å². The first-order valence-corrected chi connectivity index (χ1v) is 7.10. The van der Waals surface area contributed by atoms with Crippen LogP contribution in [0.25, 0.3) is 0 Å². The number of carbonyl (C=O) groups excluding carboxylic acids is 2. The summed E-state index contributed by atoms with van der Waals surface area (Å²) in [5, 5.41) is 2.52. The lowest BCUT2D eigenvalue weighted by Crippen LogP contribution is -2.30. The molecule has 1 aliphatic rings. The van der Waals surface area contributed by atoms with Crippen molar-refractivity contribution in [3.63, 3.8) is 0 Å². The number of hydrogen-bond acceptors (Lipinski definition) is 5. The number of amides is 1. The molecule has 2 aromatic carbocycles. The van der Waals surface area contributed by atoms with E-state index in [0.29, 0.717) is 17.1 Å². The van der Waals surface area contributed by atoms with E-state index in [1.54, 1.807) is 42.5 Å². The number of nitrogens with one attached hydrogen (secondary N) is 1. The third-order valence-corrected chi connectivity index (χ3v) is 3.27. The Balaban J connectivity index is 1.46. The summed E-state index contributed by atoms with van der Waals surface area (Å²) in [5.74, 6) is 0.490. The fourth-order valence-corrected chi connectivity index (χ4v) is 2.09. The Morgan fingerprint density at radius 3 is 2.65 bits per heavy atom. The van der Waals surface area contributed by atoms with Crippen molar-refractivity contribution in [3.05, 3.63) is 59.7 Å². The average molecular weight is 313 g/mol. The van der Waals surface area contributed by atoms with Crippen LogP contribution in [0.5, 0.6) is 11.5 Å². The normalized spacial score (nSPS) is 11.8. The molecule has 1 aliphatic heterocycles. The molecule has 0 atom stereocenters. The first-order valence-electron chi connectivity index (χ1n) is 7.10. The Bertz CT molecular complexity index is 714. The third kappa shape index (κ3) is 3.79. The van der Waals surface area contributed by atoms with E-state index in [1.165, 1.54) is 0 Å². The van der Waals surface area contributed by atoms with E-state index in [2.05, 4.69) is 5.32 Å². The molecule has 0 spiro atoms. The molecular formula is C17H15NO5. The smallest absolute Gasteiger partial charge is 0.325 e. The van der Waals surface area contributed by atoms with Gasteiger partial charge in [0.25, 0.3) is 5.91 Å². The van der Waals surface area contributed by atoms with E-state index in [-0.39, 0.29) is 25.9 Å². The third-order valence-electron chi connectivity index (χ3n) is 3.27. The molecule has 3 rings (SSSR count). The molecule has 1 heterocycles. The Labute approximate surface area is 133 Å². The van der Waals surface area contributed by atoms with Crippen LogP contribution >= 0.6 is 0 Å². The predicted molar refractivity (Wildman–Crippen MR) is 81.1 cm³/mol. The summed E-state index contributed by atoms with van der Waals surface area (Å²) in [7, 11) is 0. The summed E-state index contributed by atoms with van der Waals surface area (Å²) in [6, 6.07) is 14.0. The first kappa shape index (κ1) is 14.9. The molecular weight excluding hydrogens is 298 g/mol.